The zero-order valence-electron chi connectivity index (χ0n) is 24.8. The maximum Gasteiger partial charge on any atom is 0.490 e. The third-order valence-corrected chi connectivity index (χ3v) is 7.55. The maximum atomic E-state index is 13.1. The lowest BCUT2D eigenvalue weighted by Crippen LogP contribution is -2.33. The Hall–Kier alpha value is -4.70. The van der Waals surface area contributed by atoms with Gasteiger partial charge < -0.3 is 30.1 Å². The third-order valence-electron chi connectivity index (χ3n) is 6.56. The number of hydrogen-bond donors (Lipinski definition) is 4. The monoisotopic (exact) mass is 651 g/mol. The van der Waals surface area contributed by atoms with Gasteiger partial charge in [-0.05, 0) is 42.9 Å². The van der Waals surface area contributed by atoms with E-state index < -0.39 is 24.1 Å². The second-order valence-corrected chi connectivity index (χ2v) is 10.8. The van der Waals surface area contributed by atoms with Crippen molar-refractivity contribution in [1.29, 1.82) is 0 Å². The van der Waals surface area contributed by atoms with Crippen LogP contribution in [-0.2, 0) is 22.6 Å². The highest BCUT2D eigenvalue weighted by Crippen LogP contribution is 2.30. The molecule has 1 aliphatic heterocycles. The number of aromatic nitrogens is 1. The van der Waals surface area contributed by atoms with Crippen LogP contribution >= 0.6 is 11.3 Å². The van der Waals surface area contributed by atoms with Gasteiger partial charge in [-0.1, -0.05) is 12.1 Å². The van der Waals surface area contributed by atoms with Gasteiger partial charge in [-0.3, -0.25) is 19.7 Å². The molecule has 0 fully saturated rings. The van der Waals surface area contributed by atoms with Crippen LogP contribution in [-0.4, -0.2) is 79.7 Å². The largest absolute Gasteiger partial charge is 0.493 e. The highest BCUT2D eigenvalue weighted by molar-refractivity contribution is 7.15. The number of nitrogens with one attached hydrogen (secondary N) is 3. The Kier molecular flexibility index (Phi) is 11.9. The summed E-state index contributed by atoms with van der Waals surface area (Å²) in [5, 5.41) is 16.1. The molecule has 16 heteroatoms. The molecular formula is C29H32F3N5O7S. The van der Waals surface area contributed by atoms with Crippen LogP contribution in [0.4, 0.5) is 18.3 Å². The fourth-order valence-corrected chi connectivity index (χ4v) is 5.28. The van der Waals surface area contributed by atoms with Crippen molar-refractivity contribution in [2.45, 2.75) is 31.6 Å². The van der Waals surface area contributed by atoms with Gasteiger partial charge in [-0.15, -0.1) is 11.3 Å². The van der Waals surface area contributed by atoms with Crippen molar-refractivity contribution in [2.75, 3.05) is 40.2 Å². The summed E-state index contributed by atoms with van der Waals surface area (Å²) in [6.45, 7) is 1.76. The van der Waals surface area contributed by atoms with Gasteiger partial charge in [0.05, 0.1) is 32.4 Å². The van der Waals surface area contributed by atoms with E-state index in [0.717, 1.165) is 30.1 Å². The van der Waals surface area contributed by atoms with Gasteiger partial charge in [0.2, 0.25) is 5.91 Å². The molecule has 3 amide bonds. The number of methoxy groups -OCH3 is 2. The van der Waals surface area contributed by atoms with Gasteiger partial charge in [-0.2, -0.15) is 13.2 Å². The average molecular weight is 652 g/mol. The summed E-state index contributed by atoms with van der Waals surface area (Å²) < 4.78 is 42.3. The molecule has 45 heavy (non-hydrogen) atoms. The number of alkyl halides is 3. The summed E-state index contributed by atoms with van der Waals surface area (Å²) in [6, 6.07) is 11.0. The summed E-state index contributed by atoms with van der Waals surface area (Å²) >= 11 is 1.48. The Bertz CT molecular complexity index is 1550. The van der Waals surface area contributed by atoms with Crippen LogP contribution < -0.4 is 25.4 Å². The minimum atomic E-state index is -5.08. The molecule has 0 aliphatic carbocycles. The van der Waals surface area contributed by atoms with E-state index in [4.69, 9.17) is 19.4 Å². The number of benzene rings is 2. The number of fused-ring (bicyclic) bond motifs is 1. The van der Waals surface area contributed by atoms with E-state index >= 15 is 0 Å². The second kappa shape index (κ2) is 15.3. The van der Waals surface area contributed by atoms with Crippen LogP contribution in [0.5, 0.6) is 11.5 Å². The van der Waals surface area contributed by atoms with Crippen molar-refractivity contribution in [1.82, 2.24) is 20.5 Å². The molecule has 0 unspecified atom stereocenters. The predicted octanol–water partition coefficient (Wildman–Crippen LogP) is 3.64. The summed E-state index contributed by atoms with van der Waals surface area (Å²) in [4.78, 5) is 55.3. The van der Waals surface area contributed by atoms with E-state index in [2.05, 4.69) is 32.9 Å². The predicted molar refractivity (Wildman–Crippen MR) is 159 cm³/mol. The molecule has 0 saturated heterocycles. The number of halogens is 3. The number of carbonyl (C=O) groups excluding carboxylic acids is 3. The zero-order valence-corrected chi connectivity index (χ0v) is 25.6. The highest BCUT2D eigenvalue weighted by atomic mass is 32.1. The first-order valence-electron chi connectivity index (χ1n) is 13.4. The number of likely N-dealkylation sites (N-methyl/N-ethyl adjacent to an activating group) is 1. The molecule has 242 valence electrons. The van der Waals surface area contributed by atoms with Crippen LogP contribution in [0.25, 0.3) is 0 Å². The number of rotatable bonds is 9. The molecule has 3 aromatic rings. The van der Waals surface area contributed by atoms with Gasteiger partial charge in [0.1, 0.15) is 0 Å². The number of thiazole rings is 1. The number of aliphatic carboxylic acids is 1. The summed E-state index contributed by atoms with van der Waals surface area (Å²) in [6.07, 6.45) is -4.23. The number of nitrogens with zero attached hydrogens (tertiary/aromatic N) is 2. The lowest BCUT2D eigenvalue weighted by atomic mass is 10.00. The normalized spacial score (nSPS) is 13.3. The molecule has 0 bridgehead atoms. The standard InChI is InChI=1S/C27H31N5O5S.C2HF3O2/c1-28-24(33)14-20(29-25(34)18-8-9-21(36-3)22(13-18)37-4)16-6-5-7-17(12-16)26(35)31-27-30-19-10-11-32(2)15-23(19)38-27;3-2(4,5)1(6)7/h5-9,12-13,20H,10-11,14-15H2,1-4H3,(H,28,33)(H,29,34)(H,30,31,35);(H,6,7)/t20-;/m1./s1. The molecule has 1 aromatic heterocycles. The second-order valence-electron chi connectivity index (χ2n) is 9.73. The number of anilines is 1. The van der Waals surface area contributed by atoms with Gasteiger partial charge in [-0.25, -0.2) is 9.78 Å². The molecule has 12 nitrogen and oxygen atoms in total. The van der Waals surface area contributed by atoms with Gasteiger partial charge in [0, 0.05) is 42.6 Å². The van der Waals surface area contributed by atoms with Crippen molar-refractivity contribution in [3.05, 3.63) is 69.7 Å². The summed E-state index contributed by atoms with van der Waals surface area (Å²) in [7, 11) is 6.60. The molecule has 4 N–H and O–H groups in total. The SMILES string of the molecule is CNC(=O)C[C@@H](NC(=O)c1ccc(OC)c(OC)c1)c1cccc(C(=O)Nc2nc3c(s2)CN(C)CC3)c1.O=C(O)C(F)(F)F. The Morgan fingerprint density at radius 1 is 1.04 bits per heavy atom. The first-order chi connectivity index (χ1) is 21.2. The van der Waals surface area contributed by atoms with Crippen LogP contribution in [0.3, 0.4) is 0 Å². The van der Waals surface area contributed by atoms with Crippen LogP contribution in [0.15, 0.2) is 42.5 Å². The number of hydrogen-bond acceptors (Lipinski definition) is 9. The van der Waals surface area contributed by atoms with Crippen LogP contribution in [0, 0.1) is 0 Å². The Labute approximate surface area is 260 Å². The molecule has 0 radical (unpaired) electrons. The molecule has 0 spiro atoms. The van der Waals surface area contributed by atoms with E-state index in [0.29, 0.717) is 33.3 Å². The van der Waals surface area contributed by atoms with Crippen molar-refractivity contribution >= 4 is 40.2 Å². The van der Waals surface area contributed by atoms with E-state index in [9.17, 15) is 27.6 Å². The zero-order chi connectivity index (χ0) is 33.3. The number of ether oxygens (including phenoxy) is 2. The molecule has 1 aliphatic rings. The highest BCUT2D eigenvalue weighted by Gasteiger charge is 2.38. The van der Waals surface area contributed by atoms with Gasteiger partial charge in [0.25, 0.3) is 11.8 Å². The fraction of sp³-hybridized carbons (Fsp3) is 0.345. The van der Waals surface area contributed by atoms with E-state index in [1.165, 1.54) is 32.6 Å². The van der Waals surface area contributed by atoms with Crippen molar-refractivity contribution in [2.24, 2.45) is 0 Å². The fourth-order valence-electron chi connectivity index (χ4n) is 4.20. The first kappa shape index (κ1) is 34.8. The summed E-state index contributed by atoms with van der Waals surface area (Å²) in [5.41, 5.74) is 2.39. The quantitative estimate of drug-likeness (QED) is 0.271. The summed E-state index contributed by atoms with van der Waals surface area (Å²) in [5.74, 6) is -2.80. The number of carbonyl (C=O) groups is 4. The molecule has 0 saturated carbocycles. The van der Waals surface area contributed by atoms with Gasteiger partial charge >= 0.3 is 12.1 Å². The molecular weight excluding hydrogens is 619 g/mol. The van der Waals surface area contributed by atoms with Gasteiger partial charge in [0.15, 0.2) is 16.6 Å². The van der Waals surface area contributed by atoms with E-state index in [1.54, 1.807) is 42.5 Å². The Morgan fingerprint density at radius 2 is 1.71 bits per heavy atom. The van der Waals surface area contributed by atoms with Crippen molar-refractivity contribution < 1.29 is 46.9 Å². The van der Waals surface area contributed by atoms with E-state index in [-0.39, 0.29) is 18.2 Å². The van der Waals surface area contributed by atoms with E-state index in [1.807, 2.05) is 0 Å². The molecule has 2 aromatic carbocycles. The van der Waals surface area contributed by atoms with Crippen molar-refractivity contribution in [3.63, 3.8) is 0 Å². The third kappa shape index (κ3) is 9.64. The Balaban J connectivity index is 0.000000707. The average Bonchev–Trinajstić information content (AvgIpc) is 3.41. The Morgan fingerprint density at radius 3 is 2.33 bits per heavy atom. The van der Waals surface area contributed by atoms with Crippen LogP contribution in [0.2, 0.25) is 0 Å². The van der Waals surface area contributed by atoms with Crippen LogP contribution in [0.1, 0.15) is 49.3 Å². The molecule has 2 heterocycles. The number of carboxylic acids is 1. The lowest BCUT2D eigenvalue weighted by molar-refractivity contribution is -0.192. The first-order valence-corrected chi connectivity index (χ1v) is 14.2. The maximum absolute atomic E-state index is 13.1. The number of amides is 3. The molecule has 4 rings (SSSR count). The molecule has 1 atom stereocenters. The minimum absolute atomic E-state index is 0.00663. The lowest BCUT2D eigenvalue weighted by Gasteiger charge is -2.20. The smallest absolute Gasteiger partial charge is 0.490 e. The number of carboxylic acid groups (broad SMARTS) is 1. The topological polar surface area (TPSA) is 159 Å². The van der Waals surface area contributed by atoms with Crippen molar-refractivity contribution in [3.8, 4) is 11.5 Å². The minimum Gasteiger partial charge on any atom is -0.493 e.